The molecule has 0 saturated carbocycles. The summed E-state index contributed by atoms with van der Waals surface area (Å²) < 4.78 is 5.88. The van der Waals surface area contributed by atoms with E-state index in [-0.39, 0.29) is 6.61 Å². The van der Waals surface area contributed by atoms with E-state index in [2.05, 4.69) is 6.07 Å². The van der Waals surface area contributed by atoms with Crippen LogP contribution in [0.5, 0.6) is 5.75 Å². The van der Waals surface area contributed by atoms with Crippen LogP contribution in [0.3, 0.4) is 0 Å². The number of hydroxylamine groups is 1. The first-order valence-electron chi connectivity index (χ1n) is 7.29. The Hall–Kier alpha value is -1.98. The van der Waals surface area contributed by atoms with Crippen LogP contribution in [0.2, 0.25) is 0 Å². The fourth-order valence-corrected chi connectivity index (χ4v) is 2.70. The number of carbonyl (C=O) groups is 1. The van der Waals surface area contributed by atoms with E-state index in [0.717, 1.165) is 34.2 Å². The van der Waals surface area contributed by atoms with Gasteiger partial charge in [0, 0.05) is 5.56 Å². The van der Waals surface area contributed by atoms with Gasteiger partial charge in [-0.25, -0.2) is 0 Å². The number of anilines is 1. The van der Waals surface area contributed by atoms with Crippen molar-refractivity contribution in [2.45, 2.75) is 27.4 Å². The highest BCUT2D eigenvalue weighted by Crippen LogP contribution is 2.28. The van der Waals surface area contributed by atoms with E-state index in [0.29, 0.717) is 10.8 Å². The molecule has 5 heteroatoms. The molecule has 1 N–H and O–H groups in total. The Labute approximate surface area is 141 Å². The molecule has 1 amide bonds. The number of aryl methyl sites for hydroxylation is 3. The van der Waals surface area contributed by atoms with Crippen molar-refractivity contribution in [2.24, 2.45) is 0 Å². The summed E-state index contributed by atoms with van der Waals surface area (Å²) in [5, 5.41) is 10.4. The molecule has 0 aliphatic carbocycles. The van der Waals surface area contributed by atoms with Gasteiger partial charge in [-0.1, -0.05) is 47.7 Å². The zero-order valence-corrected chi connectivity index (χ0v) is 14.6. The second kappa shape index (κ2) is 7.53. The lowest BCUT2D eigenvalue weighted by Crippen LogP contribution is -2.25. The smallest absolute Gasteiger partial charge is 0.309 e. The summed E-state index contributed by atoms with van der Waals surface area (Å²) in [6.45, 7) is 6.16. The fourth-order valence-electron chi connectivity index (χ4n) is 2.43. The van der Waals surface area contributed by atoms with Crippen molar-refractivity contribution in [3.05, 3.63) is 58.7 Å². The molecule has 0 heterocycles. The Bertz CT molecular complexity index is 715. The molecule has 0 fully saturated rings. The number of hydrogen-bond acceptors (Lipinski definition) is 4. The molecule has 4 nitrogen and oxygen atoms in total. The van der Waals surface area contributed by atoms with E-state index in [1.807, 2.05) is 51.1 Å². The summed E-state index contributed by atoms with van der Waals surface area (Å²) in [6, 6.07) is 11.6. The number of hydrogen-bond donors (Lipinski definition) is 1. The lowest BCUT2D eigenvalue weighted by Gasteiger charge is -2.20. The summed E-state index contributed by atoms with van der Waals surface area (Å²) in [4.78, 5) is 11.8. The molecule has 2 aromatic rings. The average Bonchev–Trinajstić information content (AvgIpc) is 2.52. The first-order valence-corrected chi connectivity index (χ1v) is 8.52. The zero-order valence-electron chi connectivity index (χ0n) is 13.8. The largest absolute Gasteiger partial charge is 0.489 e. The number of nitrogens with zero attached hydrogens (tertiary/aromatic N) is 1. The van der Waals surface area contributed by atoms with E-state index < -0.39 is 5.24 Å². The summed E-state index contributed by atoms with van der Waals surface area (Å²) in [7, 11) is 0. The van der Waals surface area contributed by atoms with Gasteiger partial charge in [0.15, 0.2) is 0 Å². The minimum absolute atomic E-state index is 0.277. The van der Waals surface area contributed by atoms with Crippen molar-refractivity contribution in [3.8, 4) is 5.75 Å². The lowest BCUT2D eigenvalue weighted by molar-refractivity contribution is 0.223. The number of benzene rings is 2. The monoisotopic (exact) mass is 331 g/mol. The molecule has 0 unspecified atom stereocenters. The highest BCUT2D eigenvalue weighted by Gasteiger charge is 2.18. The summed E-state index contributed by atoms with van der Waals surface area (Å²) in [5.74, 6) is 0.795. The molecule has 2 aromatic carbocycles. The highest BCUT2D eigenvalue weighted by molar-refractivity contribution is 8.13. The zero-order chi connectivity index (χ0) is 17.0. The molecular formula is C18H21NO3S. The third-order valence-corrected chi connectivity index (χ3v) is 4.12. The molecule has 0 spiro atoms. The molecule has 0 atom stereocenters. The van der Waals surface area contributed by atoms with Gasteiger partial charge in [-0.15, -0.1) is 0 Å². The van der Waals surface area contributed by atoms with E-state index in [9.17, 15) is 10.0 Å². The quantitative estimate of drug-likeness (QED) is 0.641. The van der Waals surface area contributed by atoms with Crippen LogP contribution in [-0.4, -0.2) is 16.7 Å². The van der Waals surface area contributed by atoms with E-state index in [4.69, 9.17) is 4.74 Å². The molecule has 0 aliphatic heterocycles. The van der Waals surface area contributed by atoms with Crippen LogP contribution >= 0.6 is 11.8 Å². The third kappa shape index (κ3) is 4.06. The molecule has 0 aromatic heterocycles. The van der Waals surface area contributed by atoms with E-state index >= 15 is 0 Å². The Balaban J connectivity index is 2.26. The number of para-hydroxylation sites is 1. The molecule has 23 heavy (non-hydrogen) atoms. The van der Waals surface area contributed by atoms with Crippen molar-refractivity contribution in [3.63, 3.8) is 0 Å². The van der Waals surface area contributed by atoms with Crippen molar-refractivity contribution >= 4 is 22.7 Å². The van der Waals surface area contributed by atoms with Crippen LogP contribution < -0.4 is 9.80 Å². The van der Waals surface area contributed by atoms with Gasteiger partial charge >= 0.3 is 5.24 Å². The Kier molecular flexibility index (Phi) is 5.69. The molecule has 0 aliphatic rings. The van der Waals surface area contributed by atoms with Gasteiger partial charge in [0.2, 0.25) is 0 Å². The highest BCUT2D eigenvalue weighted by atomic mass is 32.2. The SMILES string of the molecule is CSC(=O)N(O)c1c(C)cccc1COc1ccc(C)cc1C. The first kappa shape index (κ1) is 17.4. The van der Waals surface area contributed by atoms with Crippen LogP contribution in [0.15, 0.2) is 36.4 Å². The van der Waals surface area contributed by atoms with Gasteiger partial charge < -0.3 is 4.74 Å². The molecular weight excluding hydrogens is 310 g/mol. The predicted molar refractivity (Wildman–Crippen MR) is 94.6 cm³/mol. The number of ether oxygens (including phenoxy) is 1. The van der Waals surface area contributed by atoms with E-state index in [1.165, 1.54) is 5.56 Å². The van der Waals surface area contributed by atoms with Gasteiger partial charge in [0.1, 0.15) is 12.4 Å². The first-order chi connectivity index (χ1) is 10.9. The maximum Gasteiger partial charge on any atom is 0.309 e. The topological polar surface area (TPSA) is 49.8 Å². The maximum atomic E-state index is 11.8. The standard InChI is InChI=1S/C18H21NO3S/c1-12-8-9-16(14(3)10-12)22-11-15-7-5-6-13(2)17(15)19(21)18(20)23-4/h5-10,21H,11H2,1-4H3. The Morgan fingerprint density at radius 3 is 2.57 bits per heavy atom. The van der Waals surface area contributed by atoms with Gasteiger partial charge in [0.05, 0.1) is 5.69 Å². The maximum absolute atomic E-state index is 11.8. The summed E-state index contributed by atoms with van der Waals surface area (Å²) >= 11 is 0.960. The van der Waals surface area contributed by atoms with Crippen molar-refractivity contribution in [1.29, 1.82) is 0 Å². The fraction of sp³-hybridized carbons (Fsp3) is 0.278. The minimum atomic E-state index is -0.424. The summed E-state index contributed by atoms with van der Waals surface area (Å²) in [6.07, 6.45) is 1.63. The lowest BCUT2D eigenvalue weighted by atomic mass is 10.1. The molecule has 122 valence electrons. The van der Waals surface area contributed by atoms with Crippen LogP contribution in [0, 0.1) is 20.8 Å². The number of thioether (sulfide) groups is 1. The Morgan fingerprint density at radius 2 is 1.91 bits per heavy atom. The van der Waals surface area contributed by atoms with Gasteiger partial charge in [-0.05, 0) is 44.2 Å². The van der Waals surface area contributed by atoms with Gasteiger partial charge in [0.25, 0.3) is 0 Å². The number of amides is 1. The van der Waals surface area contributed by atoms with E-state index in [1.54, 1.807) is 6.26 Å². The van der Waals surface area contributed by atoms with Gasteiger partial charge in [-0.3, -0.25) is 10.0 Å². The van der Waals surface area contributed by atoms with Crippen molar-refractivity contribution in [2.75, 3.05) is 11.3 Å². The van der Waals surface area contributed by atoms with Crippen LogP contribution in [-0.2, 0) is 6.61 Å². The summed E-state index contributed by atoms with van der Waals surface area (Å²) in [5.41, 5.74) is 4.29. The Morgan fingerprint density at radius 1 is 1.17 bits per heavy atom. The van der Waals surface area contributed by atoms with Crippen LogP contribution in [0.1, 0.15) is 22.3 Å². The number of rotatable bonds is 4. The van der Waals surface area contributed by atoms with Gasteiger partial charge in [-0.2, -0.15) is 5.06 Å². The predicted octanol–water partition coefficient (Wildman–Crippen LogP) is 4.87. The number of carbonyl (C=O) groups excluding carboxylic acids is 1. The van der Waals surface area contributed by atoms with Crippen LogP contribution in [0.4, 0.5) is 10.5 Å². The van der Waals surface area contributed by atoms with Crippen LogP contribution in [0.25, 0.3) is 0 Å². The second-order valence-electron chi connectivity index (χ2n) is 5.42. The normalized spacial score (nSPS) is 10.5. The molecule has 0 radical (unpaired) electrons. The molecule has 2 rings (SSSR count). The van der Waals surface area contributed by atoms with Crippen molar-refractivity contribution in [1.82, 2.24) is 0 Å². The van der Waals surface area contributed by atoms with Crippen molar-refractivity contribution < 1.29 is 14.7 Å². The molecule has 0 saturated heterocycles. The molecule has 0 bridgehead atoms. The second-order valence-corrected chi connectivity index (χ2v) is 6.18. The minimum Gasteiger partial charge on any atom is -0.489 e. The average molecular weight is 331 g/mol. The third-order valence-electron chi connectivity index (χ3n) is 3.59.